The van der Waals surface area contributed by atoms with Crippen LogP contribution < -0.4 is 0 Å². The molecule has 11 heavy (non-hydrogen) atoms. The van der Waals surface area contributed by atoms with Gasteiger partial charge in [-0.1, -0.05) is 27.2 Å². The highest BCUT2D eigenvalue weighted by atomic mass is 14.7. The van der Waals surface area contributed by atoms with Crippen LogP contribution in [0.5, 0.6) is 0 Å². The van der Waals surface area contributed by atoms with Crippen LogP contribution in [-0.4, -0.2) is 12.8 Å². The Bertz CT molecular complexity index is 127. The van der Waals surface area contributed by atoms with E-state index in [0.29, 0.717) is 5.92 Å². The average molecular weight is 155 g/mol. The Morgan fingerprint density at radius 2 is 1.91 bits per heavy atom. The van der Waals surface area contributed by atoms with E-state index < -0.39 is 0 Å². The van der Waals surface area contributed by atoms with Crippen LogP contribution in [0, 0.1) is 11.8 Å². The van der Waals surface area contributed by atoms with Crippen molar-refractivity contribution in [2.24, 2.45) is 16.8 Å². The van der Waals surface area contributed by atoms with Crippen LogP contribution in [0.3, 0.4) is 0 Å². The molecule has 0 spiro atoms. The van der Waals surface area contributed by atoms with Crippen molar-refractivity contribution in [3.05, 3.63) is 0 Å². The van der Waals surface area contributed by atoms with E-state index in [9.17, 15) is 0 Å². The maximum Gasteiger partial charge on any atom is 0.0276 e. The Hall–Kier alpha value is -0.330. The highest BCUT2D eigenvalue weighted by molar-refractivity contribution is 5.83. The van der Waals surface area contributed by atoms with Crippen LogP contribution in [0.25, 0.3) is 0 Å². The first kappa shape index (κ1) is 10.7. The minimum Gasteiger partial charge on any atom is -0.297 e. The Morgan fingerprint density at radius 1 is 1.36 bits per heavy atom. The molecule has 1 nitrogen and oxygen atoms in total. The molecule has 0 saturated heterocycles. The third-order valence-corrected chi connectivity index (χ3v) is 2.52. The van der Waals surface area contributed by atoms with Crippen molar-refractivity contribution in [3.63, 3.8) is 0 Å². The van der Waals surface area contributed by atoms with Gasteiger partial charge < -0.3 is 0 Å². The van der Waals surface area contributed by atoms with Crippen molar-refractivity contribution in [3.8, 4) is 0 Å². The summed E-state index contributed by atoms with van der Waals surface area (Å²) >= 11 is 0. The zero-order valence-corrected chi connectivity index (χ0v) is 8.52. The van der Waals surface area contributed by atoms with E-state index in [0.717, 1.165) is 5.92 Å². The van der Waals surface area contributed by atoms with E-state index in [-0.39, 0.29) is 0 Å². The van der Waals surface area contributed by atoms with Gasteiger partial charge in [-0.15, -0.1) is 0 Å². The van der Waals surface area contributed by atoms with E-state index in [1.807, 2.05) is 7.05 Å². The molecular formula is C10H21N. The molecule has 0 heterocycles. The maximum atomic E-state index is 4.19. The summed E-state index contributed by atoms with van der Waals surface area (Å²) in [5, 5.41) is 0. The summed E-state index contributed by atoms with van der Waals surface area (Å²) in [5.41, 5.74) is 1.28. The van der Waals surface area contributed by atoms with Gasteiger partial charge in [0.25, 0.3) is 0 Å². The molecule has 0 fully saturated rings. The lowest BCUT2D eigenvalue weighted by Gasteiger charge is -2.14. The first-order chi connectivity index (χ1) is 5.11. The molecule has 0 amide bonds. The zero-order chi connectivity index (χ0) is 8.85. The van der Waals surface area contributed by atoms with Crippen molar-refractivity contribution in [2.75, 3.05) is 7.05 Å². The maximum absolute atomic E-state index is 4.19. The molecule has 2 unspecified atom stereocenters. The smallest absolute Gasteiger partial charge is 0.0276 e. The lowest BCUT2D eigenvalue weighted by molar-refractivity contribution is 0.468. The normalized spacial score (nSPS) is 18.1. The molecule has 66 valence electrons. The Labute approximate surface area is 70.9 Å². The van der Waals surface area contributed by atoms with Crippen molar-refractivity contribution in [2.45, 2.75) is 40.5 Å². The predicted octanol–water partition coefficient (Wildman–Crippen LogP) is 3.15. The van der Waals surface area contributed by atoms with E-state index in [1.165, 1.54) is 18.6 Å². The van der Waals surface area contributed by atoms with Gasteiger partial charge in [-0.25, -0.2) is 0 Å². The third kappa shape index (κ3) is 4.18. The van der Waals surface area contributed by atoms with Crippen molar-refractivity contribution in [1.29, 1.82) is 0 Å². The fourth-order valence-electron chi connectivity index (χ4n) is 1.16. The molecule has 0 aromatic rings. The molecule has 0 saturated carbocycles. The first-order valence-electron chi connectivity index (χ1n) is 4.55. The summed E-state index contributed by atoms with van der Waals surface area (Å²) in [4.78, 5) is 4.19. The minimum atomic E-state index is 0.662. The molecule has 0 aliphatic rings. The lowest BCUT2D eigenvalue weighted by atomic mass is 9.92. The SMILES string of the molecule is CCC(C)CC(C)/C(C)=N/C. The number of rotatable bonds is 4. The highest BCUT2D eigenvalue weighted by Gasteiger charge is 2.08. The van der Waals surface area contributed by atoms with Gasteiger partial charge in [0, 0.05) is 12.8 Å². The molecule has 0 aliphatic heterocycles. The predicted molar refractivity (Wildman–Crippen MR) is 52.3 cm³/mol. The van der Waals surface area contributed by atoms with E-state index in [1.54, 1.807) is 0 Å². The van der Waals surface area contributed by atoms with Gasteiger partial charge in [-0.05, 0) is 25.2 Å². The van der Waals surface area contributed by atoms with Gasteiger partial charge in [-0.3, -0.25) is 4.99 Å². The topological polar surface area (TPSA) is 12.4 Å². The summed E-state index contributed by atoms with van der Waals surface area (Å²) in [5.74, 6) is 1.50. The minimum absolute atomic E-state index is 0.662. The molecule has 0 aromatic carbocycles. The standard InChI is InChI=1S/C10H21N/c1-6-8(2)7-9(3)10(4)11-5/h8-9H,6-7H2,1-5H3/b11-10+. The number of nitrogens with zero attached hydrogens (tertiary/aromatic N) is 1. The molecule has 1 heteroatoms. The van der Waals surface area contributed by atoms with Crippen LogP contribution in [0.4, 0.5) is 0 Å². The average Bonchev–Trinajstić information content (AvgIpc) is 2.02. The summed E-state index contributed by atoms with van der Waals surface area (Å²) < 4.78 is 0. The molecule has 0 radical (unpaired) electrons. The monoisotopic (exact) mass is 155 g/mol. The third-order valence-electron chi connectivity index (χ3n) is 2.52. The van der Waals surface area contributed by atoms with Gasteiger partial charge in [-0.2, -0.15) is 0 Å². The quantitative estimate of drug-likeness (QED) is 0.553. The van der Waals surface area contributed by atoms with Gasteiger partial charge >= 0.3 is 0 Å². The molecule has 0 aliphatic carbocycles. The van der Waals surface area contributed by atoms with Crippen LogP contribution in [0.2, 0.25) is 0 Å². The van der Waals surface area contributed by atoms with Crippen LogP contribution in [-0.2, 0) is 0 Å². The summed E-state index contributed by atoms with van der Waals surface area (Å²) in [6.07, 6.45) is 2.56. The molecule has 0 aromatic heterocycles. The fraction of sp³-hybridized carbons (Fsp3) is 0.900. The van der Waals surface area contributed by atoms with Gasteiger partial charge in [0.1, 0.15) is 0 Å². The molecule has 2 atom stereocenters. The molecule has 0 rings (SSSR count). The van der Waals surface area contributed by atoms with Crippen molar-refractivity contribution in [1.82, 2.24) is 0 Å². The Kier molecular flexibility index (Phi) is 5.18. The molecule has 0 N–H and O–H groups in total. The van der Waals surface area contributed by atoms with Crippen LogP contribution in [0.15, 0.2) is 4.99 Å². The van der Waals surface area contributed by atoms with E-state index >= 15 is 0 Å². The van der Waals surface area contributed by atoms with Crippen LogP contribution >= 0.6 is 0 Å². The summed E-state index contributed by atoms with van der Waals surface area (Å²) in [6, 6.07) is 0. The second-order valence-corrected chi connectivity index (χ2v) is 3.52. The fourth-order valence-corrected chi connectivity index (χ4v) is 1.16. The van der Waals surface area contributed by atoms with Gasteiger partial charge in [0.2, 0.25) is 0 Å². The van der Waals surface area contributed by atoms with E-state index in [2.05, 4.69) is 32.7 Å². The second-order valence-electron chi connectivity index (χ2n) is 3.52. The second kappa shape index (κ2) is 5.34. The van der Waals surface area contributed by atoms with Gasteiger partial charge in [0.05, 0.1) is 0 Å². The Balaban J connectivity index is 3.77. The summed E-state index contributed by atoms with van der Waals surface area (Å²) in [6.45, 7) is 8.93. The number of aliphatic imine (C=N–C) groups is 1. The van der Waals surface area contributed by atoms with Crippen LogP contribution in [0.1, 0.15) is 40.5 Å². The Morgan fingerprint density at radius 3 is 2.27 bits per heavy atom. The zero-order valence-electron chi connectivity index (χ0n) is 8.52. The highest BCUT2D eigenvalue weighted by Crippen LogP contribution is 2.15. The number of hydrogen-bond acceptors (Lipinski definition) is 1. The molecule has 0 bridgehead atoms. The first-order valence-corrected chi connectivity index (χ1v) is 4.55. The van der Waals surface area contributed by atoms with Crippen molar-refractivity contribution < 1.29 is 0 Å². The largest absolute Gasteiger partial charge is 0.297 e. The van der Waals surface area contributed by atoms with E-state index in [4.69, 9.17) is 0 Å². The van der Waals surface area contributed by atoms with Crippen molar-refractivity contribution >= 4 is 5.71 Å². The number of hydrogen-bond donors (Lipinski definition) is 0. The summed E-state index contributed by atoms with van der Waals surface area (Å²) in [7, 11) is 1.88. The van der Waals surface area contributed by atoms with Gasteiger partial charge in [0.15, 0.2) is 0 Å². The lowest BCUT2D eigenvalue weighted by Crippen LogP contribution is -2.10. The molecular weight excluding hydrogens is 134 g/mol.